The maximum absolute atomic E-state index is 12.7. The molecule has 0 bridgehead atoms. The Morgan fingerprint density at radius 3 is 2.88 bits per heavy atom. The Morgan fingerprint density at radius 1 is 1.24 bits per heavy atom. The number of carbonyl (C=O) groups is 1. The van der Waals surface area contributed by atoms with E-state index in [1.165, 1.54) is 0 Å². The minimum Gasteiger partial charge on any atom is -0.342 e. The number of rotatable bonds is 8. The van der Waals surface area contributed by atoms with E-state index in [0.717, 1.165) is 50.6 Å². The van der Waals surface area contributed by atoms with Crippen LogP contribution in [-0.4, -0.2) is 48.9 Å². The molecule has 33 heavy (non-hydrogen) atoms. The zero-order valence-corrected chi connectivity index (χ0v) is 20.2. The van der Waals surface area contributed by atoms with Gasteiger partial charge in [0.2, 0.25) is 5.91 Å². The maximum atomic E-state index is 12.7. The van der Waals surface area contributed by atoms with Crippen LogP contribution in [-0.2, 0) is 11.3 Å². The van der Waals surface area contributed by atoms with E-state index >= 15 is 0 Å². The Labute approximate surface area is 202 Å². The van der Waals surface area contributed by atoms with Gasteiger partial charge in [0.1, 0.15) is 5.82 Å². The minimum atomic E-state index is -0.327. The lowest BCUT2D eigenvalue weighted by Gasteiger charge is -2.32. The number of hydrogen-bond donors (Lipinski definition) is 1. The number of carbonyl (C=O) groups excluding carboxylic acids is 1. The van der Waals surface area contributed by atoms with Gasteiger partial charge in [-0.25, -0.2) is 9.67 Å². The Balaban J connectivity index is 1.53. The van der Waals surface area contributed by atoms with Gasteiger partial charge in [-0.05, 0) is 37.0 Å². The number of halogens is 2. The molecule has 1 N–H and O–H groups in total. The van der Waals surface area contributed by atoms with Crippen molar-refractivity contribution in [2.75, 3.05) is 13.1 Å². The van der Waals surface area contributed by atoms with Crippen molar-refractivity contribution in [3.63, 3.8) is 0 Å². The van der Waals surface area contributed by atoms with E-state index in [9.17, 15) is 9.59 Å². The van der Waals surface area contributed by atoms with Gasteiger partial charge in [-0.15, -0.1) is 5.10 Å². The maximum Gasteiger partial charge on any atom is 0.281 e. The minimum absolute atomic E-state index is 0.0297. The van der Waals surface area contributed by atoms with Gasteiger partial charge in [-0.2, -0.15) is 0 Å². The fourth-order valence-corrected chi connectivity index (χ4v) is 4.75. The summed E-state index contributed by atoms with van der Waals surface area (Å²) < 4.78 is 1.57. The quantitative estimate of drug-likeness (QED) is 0.467. The van der Waals surface area contributed by atoms with Gasteiger partial charge < -0.3 is 9.88 Å². The van der Waals surface area contributed by atoms with E-state index < -0.39 is 0 Å². The standard InChI is InChI=1S/C23H28Cl2N6O2/c1-2-3-4-5-8-19(32)30-11-6-7-16(13-30)21-26-22-20(23(33)27-21)28-29-31(22)14-15-9-10-17(24)12-18(15)25/h9-10,12,16H,2-8,11,13-14H2,1H3,(H,26,27,33)/t16-/m0/s1. The third kappa shape index (κ3) is 5.55. The topological polar surface area (TPSA) is 96.8 Å². The van der Waals surface area contributed by atoms with E-state index in [2.05, 4.69) is 22.2 Å². The molecule has 176 valence electrons. The number of aromatic nitrogens is 5. The number of hydrogen-bond acceptors (Lipinski definition) is 5. The highest BCUT2D eigenvalue weighted by atomic mass is 35.5. The molecular formula is C23H28Cl2N6O2. The van der Waals surface area contributed by atoms with Gasteiger partial charge in [0.05, 0.1) is 6.54 Å². The molecule has 1 saturated heterocycles. The Kier molecular flexibility index (Phi) is 7.65. The van der Waals surface area contributed by atoms with Crippen LogP contribution in [0.25, 0.3) is 11.2 Å². The highest BCUT2D eigenvalue weighted by molar-refractivity contribution is 6.35. The van der Waals surface area contributed by atoms with Gasteiger partial charge in [-0.3, -0.25) is 9.59 Å². The van der Waals surface area contributed by atoms with Crippen LogP contribution in [0.1, 0.15) is 69.2 Å². The van der Waals surface area contributed by atoms with Crippen LogP contribution in [0.3, 0.4) is 0 Å². The van der Waals surface area contributed by atoms with Crippen molar-refractivity contribution >= 4 is 40.3 Å². The van der Waals surface area contributed by atoms with Crippen LogP contribution < -0.4 is 5.56 Å². The van der Waals surface area contributed by atoms with E-state index in [0.29, 0.717) is 41.0 Å². The molecule has 0 unspecified atom stereocenters. The lowest BCUT2D eigenvalue weighted by atomic mass is 9.96. The molecule has 4 rings (SSSR count). The Morgan fingerprint density at radius 2 is 2.09 bits per heavy atom. The molecule has 0 radical (unpaired) electrons. The summed E-state index contributed by atoms with van der Waals surface area (Å²) in [6.45, 7) is 3.79. The summed E-state index contributed by atoms with van der Waals surface area (Å²) in [5.41, 5.74) is 1.06. The van der Waals surface area contributed by atoms with Crippen LogP contribution >= 0.6 is 23.2 Å². The van der Waals surface area contributed by atoms with Crippen molar-refractivity contribution in [3.05, 3.63) is 50.0 Å². The third-order valence-corrected chi connectivity index (χ3v) is 6.72. The van der Waals surface area contributed by atoms with E-state index in [4.69, 9.17) is 28.2 Å². The summed E-state index contributed by atoms with van der Waals surface area (Å²) in [4.78, 5) is 34.9. The average Bonchev–Trinajstić information content (AvgIpc) is 3.22. The lowest BCUT2D eigenvalue weighted by Crippen LogP contribution is -2.39. The smallest absolute Gasteiger partial charge is 0.281 e. The third-order valence-electron chi connectivity index (χ3n) is 6.13. The fraction of sp³-hybridized carbons (Fsp3) is 0.522. The van der Waals surface area contributed by atoms with Gasteiger partial charge in [0.15, 0.2) is 11.2 Å². The summed E-state index contributed by atoms with van der Waals surface area (Å²) >= 11 is 12.3. The summed E-state index contributed by atoms with van der Waals surface area (Å²) in [7, 11) is 0. The average molecular weight is 491 g/mol. The molecule has 1 aromatic carbocycles. The van der Waals surface area contributed by atoms with Gasteiger partial charge in [0, 0.05) is 35.5 Å². The summed E-state index contributed by atoms with van der Waals surface area (Å²) in [5, 5.41) is 9.19. The molecule has 1 aliphatic rings. The van der Waals surface area contributed by atoms with Crippen molar-refractivity contribution in [2.24, 2.45) is 0 Å². The molecule has 0 saturated carbocycles. The van der Waals surface area contributed by atoms with Crippen LogP contribution in [0.15, 0.2) is 23.0 Å². The largest absolute Gasteiger partial charge is 0.342 e. The predicted octanol–water partition coefficient (Wildman–Crippen LogP) is 4.55. The number of benzene rings is 1. The predicted molar refractivity (Wildman–Crippen MR) is 129 cm³/mol. The van der Waals surface area contributed by atoms with Gasteiger partial charge in [0.25, 0.3) is 5.56 Å². The Bertz CT molecular complexity index is 1190. The first-order chi connectivity index (χ1) is 16.0. The van der Waals surface area contributed by atoms with Crippen LogP contribution in [0, 0.1) is 0 Å². The summed E-state index contributed by atoms with van der Waals surface area (Å²) in [6, 6.07) is 5.24. The van der Waals surface area contributed by atoms with Gasteiger partial charge >= 0.3 is 0 Å². The first-order valence-electron chi connectivity index (χ1n) is 11.5. The molecule has 1 atom stereocenters. The molecule has 2 aromatic heterocycles. The van der Waals surface area contributed by atoms with Gasteiger partial charge in [-0.1, -0.05) is 60.7 Å². The SMILES string of the molecule is CCCCCCC(=O)N1CCC[C@H](c2nc3c(nnn3Cc3ccc(Cl)cc3Cl)c(=O)[nH]2)C1. The van der Waals surface area contributed by atoms with E-state index in [1.54, 1.807) is 16.8 Å². The number of fused-ring (bicyclic) bond motifs is 1. The highest BCUT2D eigenvalue weighted by Crippen LogP contribution is 2.26. The number of aromatic amines is 1. The zero-order chi connectivity index (χ0) is 23.4. The number of H-pyrrole nitrogens is 1. The first kappa shape index (κ1) is 23.7. The van der Waals surface area contributed by atoms with Crippen LogP contribution in [0.4, 0.5) is 0 Å². The molecule has 0 aliphatic carbocycles. The van der Waals surface area contributed by atoms with Crippen molar-refractivity contribution in [1.82, 2.24) is 29.9 Å². The number of amides is 1. The summed E-state index contributed by atoms with van der Waals surface area (Å²) in [5.74, 6) is 0.725. The summed E-state index contributed by atoms with van der Waals surface area (Å²) in [6.07, 6.45) is 6.63. The van der Waals surface area contributed by atoms with E-state index in [-0.39, 0.29) is 22.9 Å². The fourth-order valence-electron chi connectivity index (χ4n) is 4.28. The second-order valence-corrected chi connectivity index (χ2v) is 9.44. The molecule has 10 heteroatoms. The van der Waals surface area contributed by atoms with E-state index in [1.807, 2.05) is 11.0 Å². The second-order valence-electron chi connectivity index (χ2n) is 8.60. The molecule has 3 heterocycles. The molecule has 8 nitrogen and oxygen atoms in total. The van der Waals surface area contributed by atoms with Crippen LogP contribution in [0.2, 0.25) is 10.0 Å². The lowest BCUT2D eigenvalue weighted by molar-refractivity contribution is -0.132. The van der Waals surface area contributed by atoms with Crippen molar-refractivity contribution < 1.29 is 4.79 Å². The number of nitrogens with one attached hydrogen (secondary N) is 1. The number of unbranched alkanes of at least 4 members (excludes halogenated alkanes) is 3. The zero-order valence-electron chi connectivity index (χ0n) is 18.7. The van der Waals surface area contributed by atoms with Crippen molar-refractivity contribution in [1.29, 1.82) is 0 Å². The monoisotopic (exact) mass is 490 g/mol. The number of likely N-dealkylation sites (tertiary alicyclic amines) is 1. The Hall–Kier alpha value is -2.45. The molecule has 1 amide bonds. The normalized spacial score (nSPS) is 16.5. The second kappa shape index (κ2) is 10.7. The molecular weight excluding hydrogens is 463 g/mol. The molecule has 3 aromatic rings. The first-order valence-corrected chi connectivity index (χ1v) is 12.3. The molecule has 1 aliphatic heterocycles. The molecule has 0 spiro atoms. The highest BCUT2D eigenvalue weighted by Gasteiger charge is 2.27. The number of nitrogens with zero attached hydrogens (tertiary/aromatic N) is 5. The molecule has 1 fully saturated rings. The van der Waals surface area contributed by atoms with Crippen LogP contribution in [0.5, 0.6) is 0 Å². The van der Waals surface area contributed by atoms with Crippen molar-refractivity contribution in [2.45, 2.75) is 64.3 Å². The number of piperidine rings is 1. The van der Waals surface area contributed by atoms with Crippen molar-refractivity contribution in [3.8, 4) is 0 Å².